The molecule has 0 atom stereocenters. The van der Waals surface area contributed by atoms with Gasteiger partial charge in [0.2, 0.25) is 0 Å². The number of ketones is 1. The van der Waals surface area contributed by atoms with Crippen LogP contribution in [0.3, 0.4) is 0 Å². The molecule has 20 heavy (non-hydrogen) atoms. The Balaban J connectivity index is 2.19. The number of carbonyl (C=O) groups excluding carboxylic acids is 1. The van der Waals surface area contributed by atoms with E-state index in [1.54, 1.807) is 38.1 Å². The molecule has 0 aliphatic heterocycles. The summed E-state index contributed by atoms with van der Waals surface area (Å²) in [5.41, 5.74) is 1.27. The summed E-state index contributed by atoms with van der Waals surface area (Å²) in [5, 5.41) is 9.66. The van der Waals surface area contributed by atoms with Crippen LogP contribution in [0.4, 0.5) is 0 Å². The molecular formula is C16H16O4. The van der Waals surface area contributed by atoms with Gasteiger partial charge in [-0.3, -0.25) is 4.79 Å². The summed E-state index contributed by atoms with van der Waals surface area (Å²) in [6.07, 6.45) is 3.10. The summed E-state index contributed by atoms with van der Waals surface area (Å²) in [6, 6.07) is 6.66. The van der Waals surface area contributed by atoms with Crippen molar-refractivity contribution in [2.45, 2.75) is 13.8 Å². The lowest BCUT2D eigenvalue weighted by molar-refractivity contribution is 0.104. The Morgan fingerprint density at radius 3 is 2.60 bits per heavy atom. The molecule has 104 valence electrons. The average molecular weight is 272 g/mol. The second kappa shape index (κ2) is 5.65. The zero-order valence-corrected chi connectivity index (χ0v) is 11.6. The van der Waals surface area contributed by atoms with Gasteiger partial charge in [-0.15, -0.1) is 0 Å². The number of aryl methyl sites for hydroxylation is 2. The average Bonchev–Trinajstić information content (AvgIpc) is 2.75. The van der Waals surface area contributed by atoms with Crippen LogP contribution in [0.15, 0.2) is 34.8 Å². The highest BCUT2D eigenvalue weighted by Crippen LogP contribution is 2.26. The smallest absolute Gasteiger partial charge is 0.189 e. The van der Waals surface area contributed by atoms with Crippen LogP contribution in [0.1, 0.15) is 27.4 Å². The molecule has 0 amide bonds. The maximum absolute atomic E-state index is 12.0. The first-order chi connectivity index (χ1) is 9.51. The standard InChI is InChI=1S/C16H16O4/c1-10-8-13(11(2)20-10)14(17)6-4-12-5-7-16(19-3)15(18)9-12/h4-9,18H,1-3H3/b6-4+. The molecule has 4 heteroatoms. The van der Waals surface area contributed by atoms with Crippen molar-refractivity contribution in [1.29, 1.82) is 0 Å². The van der Waals surface area contributed by atoms with E-state index in [1.165, 1.54) is 19.3 Å². The number of rotatable bonds is 4. The SMILES string of the molecule is COc1ccc(/C=C/C(=O)c2cc(C)oc2C)cc1O. The molecule has 0 aliphatic rings. The third-order valence-electron chi connectivity index (χ3n) is 2.94. The van der Waals surface area contributed by atoms with Crippen molar-refractivity contribution in [2.75, 3.05) is 7.11 Å². The molecule has 0 aliphatic carbocycles. The Hall–Kier alpha value is -2.49. The molecule has 0 saturated heterocycles. The number of benzene rings is 1. The van der Waals surface area contributed by atoms with Gasteiger partial charge in [0.25, 0.3) is 0 Å². The summed E-state index contributed by atoms with van der Waals surface area (Å²) in [5.74, 6) is 1.62. The van der Waals surface area contributed by atoms with E-state index in [2.05, 4.69) is 0 Å². The van der Waals surface area contributed by atoms with Crippen molar-refractivity contribution in [3.63, 3.8) is 0 Å². The van der Waals surface area contributed by atoms with Crippen molar-refractivity contribution < 1.29 is 19.1 Å². The Morgan fingerprint density at radius 2 is 2.05 bits per heavy atom. The Kier molecular flexibility index (Phi) is 3.94. The van der Waals surface area contributed by atoms with Gasteiger partial charge in [0, 0.05) is 0 Å². The number of hydrogen-bond acceptors (Lipinski definition) is 4. The maximum Gasteiger partial charge on any atom is 0.189 e. The number of methoxy groups -OCH3 is 1. The predicted octanol–water partition coefficient (Wildman–Crippen LogP) is 3.51. The Labute approximate surface area is 117 Å². The van der Waals surface area contributed by atoms with Crippen LogP contribution in [0.2, 0.25) is 0 Å². The molecule has 2 rings (SSSR count). The number of carbonyl (C=O) groups is 1. The van der Waals surface area contributed by atoms with E-state index in [1.807, 2.05) is 0 Å². The van der Waals surface area contributed by atoms with E-state index in [4.69, 9.17) is 9.15 Å². The molecule has 0 unspecified atom stereocenters. The van der Waals surface area contributed by atoms with E-state index in [0.717, 1.165) is 5.56 Å². The zero-order valence-electron chi connectivity index (χ0n) is 11.6. The van der Waals surface area contributed by atoms with E-state index in [0.29, 0.717) is 22.8 Å². The first-order valence-electron chi connectivity index (χ1n) is 6.17. The van der Waals surface area contributed by atoms with Crippen molar-refractivity contribution in [3.8, 4) is 11.5 Å². The first-order valence-corrected chi connectivity index (χ1v) is 6.17. The first kappa shape index (κ1) is 13.9. The quantitative estimate of drug-likeness (QED) is 0.683. The highest BCUT2D eigenvalue weighted by Gasteiger charge is 2.10. The van der Waals surface area contributed by atoms with Gasteiger partial charge < -0.3 is 14.3 Å². The summed E-state index contributed by atoms with van der Waals surface area (Å²) in [7, 11) is 1.48. The molecule has 4 nitrogen and oxygen atoms in total. The normalized spacial score (nSPS) is 10.9. The molecule has 0 bridgehead atoms. The highest BCUT2D eigenvalue weighted by atomic mass is 16.5. The van der Waals surface area contributed by atoms with E-state index >= 15 is 0 Å². The lowest BCUT2D eigenvalue weighted by Crippen LogP contribution is -1.93. The predicted molar refractivity (Wildman–Crippen MR) is 76.2 cm³/mol. The van der Waals surface area contributed by atoms with E-state index in [-0.39, 0.29) is 11.5 Å². The monoisotopic (exact) mass is 272 g/mol. The number of allylic oxidation sites excluding steroid dienone is 1. The molecule has 0 spiro atoms. The number of hydrogen-bond donors (Lipinski definition) is 1. The third-order valence-corrected chi connectivity index (χ3v) is 2.94. The van der Waals surface area contributed by atoms with E-state index in [9.17, 15) is 9.90 Å². The van der Waals surface area contributed by atoms with Crippen LogP contribution >= 0.6 is 0 Å². The van der Waals surface area contributed by atoms with Gasteiger partial charge in [0.05, 0.1) is 12.7 Å². The fourth-order valence-electron chi connectivity index (χ4n) is 1.95. The van der Waals surface area contributed by atoms with Gasteiger partial charge in [0.15, 0.2) is 17.3 Å². The summed E-state index contributed by atoms with van der Waals surface area (Å²) in [4.78, 5) is 12.0. The van der Waals surface area contributed by atoms with Gasteiger partial charge in [-0.1, -0.05) is 12.1 Å². The Morgan fingerprint density at radius 1 is 1.30 bits per heavy atom. The van der Waals surface area contributed by atoms with Gasteiger partial charge in [0.1, 0.15) is 11.5 Å². The highest BCUT2D eigenvalue weighted by molar-refractivity contribution is 6.07. The summed E-state index contributed by atoms with van der Waals surface area (Å²) >= 11 is 0. The fraction of sp³-hybridized carbons (Fsp3) is 0.188. The van der Waals surface area contributed by atoms with Crippen molar-refractivity contribution >= 4 is 11.9 Å². The summed E-state index contributed by atoms with van der Waals surface area (Å²) < 4.78 is 10.3. The number of aromatic hydroxyl groups is 1. The number of furan rings is 1. The number of ether oxygens (including phenoxy) is 1. The molecule has 0 saturated carbocycles. The lowest BCUT2D eigenvalue weighted by Gasteiger charge is -2.03. The molecule has 0 fully saturated rings. The van der Waals surface area contributed by atoms with Gasteiger partial charge in [-0.25, -0.2) is 0 Å². The third kappa shape index (κ3) is 2.91. The van der Waals surface area contributed by atoms with Gasteiger partial charge in [-0.05, 0) is 43.7 Å². The lowest BCUT2D eigenvalue weighted by atomic mass is 10.1. The van der Waals surface area contributed by atoms with Gasteiger partial charge in [-0.2, -0.15) is 0 Å². The second-order valence-electron chi connectivity index (χ2n) is 4.46. The molecular weight excluding hydrogens is 256 g/mol. The van der Waals surface area contributed by atoms with Crippen LogP contribution < -0.4 is 4.74 Å². The topological polar surface area (TPSA) is 59.7 Å². The summed E-state index contributed by atoms with van der Waals surface area (Å²) in [6.45, 7) is 3.56. The zero-order chi connectivity index (χ0) is 14.7. The maximum atomic E-state index is 12.0. The molecule has 1 N–H and O–H groups in total. The van der Waals surface area contributed by atoms with Crippen LogP contribution in [-0.4, -0.2) is 18.0 Å². The molecule has 1 aromatic heterocycles. The minimum atomic E-state index is -0.130. The van der Waals surface area contributed by atoms with Crippen molar-refractivity contribution in [3.05, 3.63) is 53.0 Å². The van der Waals surface area contributed by atoms with Gasteiger partial charge >= 0.3 is 0 Å². The van der Waals surface area contributed by atoms with Crippen molar-refractivity contribution in [1.82, 2.24) is 0 Å². The van der Waals surface area contributed by atoms with Crippen LogP contribution in [0.25, 0.3) is 6.08 Å². The van der Waals surface area contributed by atoms with Crippen LogP contribution in [0, 0.1) is 13.8 Å². The molecule has 2 aromatic rings. The minimum Gasteiger partial charge on any atom is -0.504 e. The van der Waals surface area contributed by atoms with Crippen LogP contribution in [0.5, 0.6) is 11.5 Å². The number of phenols is 1. The molecule has 1 aromatic carbocycles. The second-order valence-corrected chi connectivity index (χ2v) is 4.46. The number of phenolic OH excluding ortho intramolecular Hbond substituents is 1. The van der Waals surface area contributed by atoms with Crippen LogP contribution in [-0.2, 0) is 0 Å². The minimum absolute atomic E-state index is 0.0393. The molecule has 1 heterocycles. The largest absolute Gasteiger partial charge is 0.504 e. The molecule has 0 radical (unpaired) electrons. The van der Waals surface area contributed by atoms with E-state index < -0.39 is 0 Å². The van der Waals surface area contributed by atoms with Crippen molar-refractivity contribution in [2.24, 2.45) is 0 Å². The fourth-order valence-corrected chi connectivity index (χ4v) is 1.95. The Bertz CT molecular complexity index is 665.